The van der Waals surface area contributed by atoms with E-state index in [2.05, 4.69) is 20.8 Å². The Balaban J connectivity index is 3.08. The fourth-order valence-corrected chi connectivity index (χ4v) is 3.61. The van der Waals surface area contributed by atoms with Gasteiger partial charge in [-0.15, -0.1) is 0 Å². The van der Waals surface area contributed by atoms with Gasteiger partial charge >= 0.3 is 116 Å². The van der Waals surface area contributed by atoms with Crippen molar-refractivity contribution in [2.75, 3.05) is 0 Å². The number of hydrogen-bond acceptors (Lipinski definition) is 2. The molecule has 0 aromatic rings. The van der Waals surface area contributed by atoms with E-state index in [-0.39, 0.29) is 5.97 Å². The topological polar surface area (TPSA) is 26.3 Å². The van der Waals surface area contributed by atoms with E-state index in [1.165, 1.54) is 89.9 Å². The van der Waals surface area contributed by atoms with Gasteiger partial charge in [-0.05, 0) is 0 Å². The zero-order valence-corrected chi connectivity index (χ0v) is 18.3. The molecule has 0 heterocycles. The Morgan fingerprint density at radius 3 is 1.46 bits per heavy atom. The zero-order valence-electron chi connectivity index (χ0n) is 16.7. The molecule has 0 aliphatic carbocycles. The first-order chi connectivity index (χ1) is 11.7. The van der Waals surface area contributed by atoms with Gasteiger partial charge in [0.1, 0.15) is 0 Å². The van der Waals surface area contributed by atoms with Gasteiger partial charge in [-0.2, -0.15) is 0 Å². The molecule has 0 bridgehead atoms. The van der Waals surface area contributed by atoms with Gasteiger partial charge in [-0.1, -0.05) is 45.4 Å². The standard InChI is InChI=1S/C18H36O2.C3H7.Ti/c1-2-3-4-5-6-7-8-9-10-11-12-13-14-15-16-17-18(19)20;1-3-2;/h2-17H2,1H3,(H,19,20);3H,1-2H3;/q;;+1/p-1. The summed E-state index contributed by atoms with van der Waals surface area (Å²) in [5.74, 6) is 0.0402. The van der Waals surface area contributed by atoms with Crippen molar-refractivity contribution in [1.29, 1.82) is 0 Å². The van der Waals surface area contributed by atoms with Crippen molar-refractivity contribution in [2.24, 2.45) is 0 Å². The molecule has 0 amide bonds. The molecule has 0 saturated carbocycles. The van der Waals surface area contributed by atoms with Gasteiger partial charge in [0.2, 0.25) is 0 Å². The van der Waals surface area contributed by atoms with Crippen molar-refractivity contribution in [2.45, 2.75) is 128 Å². The normalized spacial score (nSPS) is 11.0. The Kier molecular flexibility index (Phi) is 19.7. The summed E-state index contributed by atoms with van der Waals surface area (Å²) < 4.78 is 5.87. The van der Waals surface area contributed by atoms with E-state index in [1.54, 1.807) is 0 Å². The fourth-order valence-electron chi connectivity index (χ4n) is 2.88. The van der Waals surface area contributed by atoms with E-state index in [4.69, 9.17) is 3.32 Å². The minimum absolute atomic E-state index is 0.0402. The van der Waals surface area contributed by atoms with Crippen LogP contribution in [0, 0.1) is 0 Å². The fraction of sp³-hybridized carbons (Fsp3) is 0.952. The number of hydrogen-bond donors (Lipinski definition) is 0. The van der Waals surface area contributed by atoms with Crippen LogP contribution in [0.4, 0.5) is 0 Å². The first-order valence-corrected chi connectivity index (χ1v) is 12.2. The molecule has 0 spiro atoms. The van der Waals surface area contributed by atoms with Gasteiger partial charge in [-0.3, -0.25) is 0 Å². The second-order valence-corrected chi connectivity index (χ2v) is 9.94. The van der Waals surface area contributed by atoms with Crippen molar-refractivity contribution in [1.82, 2.24) is 0 Å². The average molecular weight is 374 g/mol. The van der Waals surface area contributed by atoms with Crippen molar-refractivity contribution < 1.29 is 27.7 Å². The van der Waals surface area contributed by atoms with Crippen LogP contribution in [-0.2, 0) is 27.7 Å². The van der Waals surface area contributed by atoms with Crippen LogP contribution in [0.5, 0.6) is 0 Å². The molecule has 0 radical (unpaired) electrons. The molecule has 2 nitrogen and oxygen atoms in total. The van der Waals surface area contributed by atoms with Crippen molar-refractivity contribution in [3.8, 4) is 0 Å². The molecule has 0 aromatic heterocycles. The van der Waals surface area contributed by atoms with E-state index in [0.29, 0.717) is 10.6 Å². The maximum absolute atomic E-state index is 11.5. The SMILES string of the molecule is CCCCCCCCCCCCCCCCCC(=O)[O][Ti][CH](C)C. The molecule has 0 saturated heterocycles. The molecule has 0 N–H and O–H groups in total. The van der Waals surface area contributed by atoms with E-state index in [0.717, 1.165) is 6.42 Å². The Morgan fingerprint density at radius 2 is 1.08 bits per heavy atom. The van der Waals surface area contributed by atoms with E-state index < -0.39 is 19.5 Å². The summed E-state index contributed by atoms with van der Waals surface area (Å²) in [7, 11) is 0. The third-order valence-electron chi connectivity index (χ3n) is 4.39. The second-order valence-electron chi connectivity index (χ2n) is 7.45. The van der Waals surface area contributed by atoms with E-state index >= 15 is 0 Å². The van der Waals surface area contributed by atoms with Crippen LogP contribution in [0.2, 0.25) is 4.22 Å². The van der Waals surface area contributed by atoms with Crippen LogP contribution < -0.4 is 0 Å². The third-order valence-corrected chi connectivity index (χ3v) is 5.67. The first kappa shape index (κ1) is 24.2. The number of carbonyl (C=O) groups excluding carboxylic acids is 1. The quantitative estimate of drug-likeness (QED) is 0.182. The van der Waals surface area contributed by atoms with Gasteiger partial charge in [0.05, 0.1) is 0 Å². The summed E-state index contributed by atoms with van der Waals surface area (Å²) >= 11 is -0.498. The predicted molar refractivity (Wildman–Crippen MR) is 101 cm³/mol. The molecular weight excluding hydrogens is 332 g/mol. The van der Waals surface area contributed by atoms with Gasteiger partial charge in [0, 0.05) is 0 Å². The minimum atomic E-state index is -0.498. The van der Waals surface area contributed by atoms with Gasteiger partial charge < -0.3 is 0 Å². The van der Waals surface area contributed by atoms with Crippen molar-refractivity contribution >= 4 is 5.97 Å². The summed E-state index contributed by atoms with van der Waals surface area (Å²) in [6.45, 7) is 6.53. The summed E-state index contributed by atoms with van der Waals surface area (Å²) in [4.78, 5) is 11.5. The van der Waals surface area contributed by atoms with Crippen LogP contribution >= 0.6 is 0 Å². The summed E-state index contributed by atoms with van der Waals surface area (Å²) in [6, 6.07) is 0. The Hall–Kier alpha value is 0.184. The van der Waals surface area contributed by atoms with E-state index in [9.17, 15) is 4.79 Å². The van der Waals surface area contributed by atoms with Crippen LogP contribution in [0.1, 0.15) is 124 Å². The molecular formula is C21H42O2Ti. The van der Waals surface area contributed by atoms with Gasteiger partial charge in [0.25, 0.3) is 0 Å². The summed E-state index contributed by atoms with van der Waals surface area (Å²) in [5, 5.41) is 0. The molecule has 142 valence electrons. The van der Waals surface area contributed by atoms with Crippen LogP contribution in [0.15, 0.2) is 0 Å². The third kappa shape index (κ3) is 20.2. The summed E-state index contributed by atoms with van der Waals surface area (Å²) in [5.41, 5.74) is 0. The molecule has 0 rings (SSSR count). The van der Waals surface area contributed by atoms with Gasteiger partial charge in [-0.25, -0.2) is 0 Å². The molecule has 0 aliphatic heterocycles. The number of carbonyl (C=O) groups is 1. The van der Waals surface area contributed by atoms with E-state index in [1.807, 2.05) is 0 Å². The van der Waals surface area contributed by atoms with Crippen molar-refractivity contribution in [3.63, 3.8) is 0 Å². The predicted octanol–water partition coefficient (Wildman–Crippen LogP) is 7.62. The van der Waals surface area contributed by atoms with Crippen LogP contribution in [0.3, 0.4) is 0 Å². The number of rotatable bonds is 18. The zero-order chi connectivity index (χ0) is 17.9. The molecule has 0 aliphatic rings. The Morgan fingerprint density at radius 1 is 0.708 bits per heavy atom. The molecule has 24 heavy (non-hydrogen) atoms. The van der Waals surface area contributed by atoms with Crippen LogP contribution in [-0.4, -0.2) is 5.97 Å². The maximum atomic E-state index is 11.5. The summed E-state index contributed by atoms with van der Waals surface area (Å²) in [6.07, 6.45) is 21.1. The van der Waals surface area contributed by atoms with Crippen molar-refractivity contribution in [3.05, 3.63) is 0 Å². The molecule has 0 unspecified atom stereocenters. The molecule has 0 fully saturated rings. The molecule has 0 atom stereocenters. The molecule has 0 aromatic carbocycles. The average Bonchev–Trinajstić information content (AvgIpc) is 2.56. The Labute approximate surface area is 161 Å². The monoisotopic (exact) mass is 374 g/mol. The Bertz CT molecular complexity index is 267. The number of unbranched alkanes of at least 4 members (excludes halogenated alkanes) is 14. The second kappa shape index (κ2) is 19.5. The first-order valence-electron chi connectivity index (χ1n) is 10.6. The molecule has 3 heteroatoms. The van der Waals surface area contributed by atoms with Crippen LogP contribution in [0.25, 0.3) is 0 Å². The van der Waals surface area contributed by atoms with Gasteiger partial charge in [0.15, 0.2) is 0 Å².